The van der Waals surface area contributed by atoms with Crippen LogP contribution < -0.4 is 5.32 Å². The van der Waals surface area contributed by atoms with Crippen molar-refractivity contribution in [2.75, 3.05) is 11.1 Å². The van der Waals surface area contributed by atoms with E-state index in [1.807, 2.05) is 56.3 Å². The third-order valence-electron chi connectivity index (χ3n) is 4.41. The van der Waals surface area contributed by atoms with Crippen LogP contribution in [0.5, 0.6) is 0 Å². The first-order valence-corrected chi connectivity index (χ1v) is 9.72. The zero-order valence-corrected chi connectivity index (χ0v) is 16.3. The summed E-state index contributed by atoms with van der Waals surface area (Å²) in [7, 11) is 0. The molecule has 1 aromatic carbocycles. The predicted octanol–water partition coefficient (Wildman–Crippen LogP) is 3.53. The van der Waals surface area contributed by atoms with Crippen LogP contribution in [-0.4, -0.2) is 36.5 Å². The van der Waals surface area contributed by atoms with Gasteiger partial charge in [-0.2, -0.15) is 9.61 Å². The van der Waals surface area contributed by atoms with E-state index in [9.17, 15) is 4.79 Å². The minimum absolute atomic E-state index is 0.0706. The molecule has 0 saturated carbocycles. The van der Waals surface area contributed by atoms with Crippen LogP contribution in [0.25, 0.3) is 17.0 Å². The standard InChI is InChI=1S/C20H18N6OS/c1-13-4-3-5-16(14(13)2)22-18(27)12-28-19-7-6-17-23-24-20(26(17)25-19)15-8-10-21-11-9-15/h3-11H,12H2,1-2H3,(H,22,27). The molecule has 4 aromatic rings. The summed E-state index contributed by atoms with van der Waals surface area (Å²) in [5.41, 5.74) is 4.59. The second kappa shape index (κ2) is 7.77. The molecule has 0 saturated heterocycles. The summed E-state index contributed by atoms with van der Waals surface area (Å²) in [6.45, 7) is 4.03. The summed E-state index contributed by atoms with van der Waals surface area (Å²) in [6, 6.07) is 13.3. The molecule has 28 heavy (non-hydrogen) atoms. The number of anilines is 1. The zero-order chi connectivity index (χ0) is 19.5. The molecule has 0 radical (unpaired) electrons. The quantitative estimate of drug-likeness (QED) is 0.525. The average molecular weight is 390 g/mol. The third-order valence-corrected chi connectivity index (χ3v) is 5.33. The molecular weight excluding hydrogens is 372 g/mol. The summed E-state index contributed by atoms with van der Waals surface area (Å²) < 4.78 is 1.68. The number of fused-ring (bicyclic) bond motifs is 1. The molecule has 8 heteroatoms. The number of thioether (sulfide) groups is 1. The first kappa shape index (κ1) is 18.1. The van der Waals surface area contributed by atoms with Crippen LogP contribution in [0.3, 0.4) is 0 Å². The maximum absolute atomic E-state index is 12.4. The summed E-state index contributed by atoms with van der Waals surface area (Å²) in [6.07, 6.45) is 3.40. The van der Waals surface area contributed by atoms with E-state index in [1.54, 1.807) is 16.9 Å². The lowest BCUT2D eigenvalue weighted by Crippen LogP contribution is -2.15. The van der Waals surface area contributed by atoms with Gasteiger partial charge in [0.05, 0.1) is 5.75 Å². The first-order valence-electron chi connectivity index (χ1n) is 8.73. The Morgan fingerprint density at radius 1 is 1.07 bits per heavy atom. The van der Waals surface area contributed by atoms with E-state index in [0.29, 0.717) is 11.5 Å². The number of carbonyl (C=O) groups is 1. The molecule has 4 rings (SSSR count). The van der Waals surface area contributed by atoms with Crippen LogP contribution in [0, 0.1) is 13.8 Å². The highest BCUT2D eigenvalue weighted by molar-refractivity contribution is 7.99. The van der Waals surface area contributed by atoms with Gasteiger partial charge < -0.3 is 5.32 Å². The topological polar surface area (TPSA) is 85.1 Å². The zero-order valence-electron chi connectivity index (χ0n) is 15.5. The largest absolute Gasteiger partial charge is 0.325 e. The fourth-order valence-electron chi connectivity index (χ4n) is 2.74. The van der Waals surface area contributed by atoms with Gasteiger partial charge in [0.2, 0.25) is 5.91 Å². The Labute approximate surface area is 166 Å². The highest BCUT2D eigenvalue weighted by Gasteiger charge is 2.12. The van der Waals surface area contributed by atoms with E-state index in [4.69, 9.17) is 0 Å². The maximum atomic E-state index is 12.4. The molecule has 0 spiro atoms. The number of pyridine rings is 1. The fourth-order valence-corrected chi connectivity index (χ4v) is 3.40. The lowest BCUT2D eigenvalue weighted by atomic mass is 10.1. The number of nitrogens with one attached hydrogen (secondary N) is 1. The van der Waals surface area contributed by atoms with Crippen LogP contribution in [0.2, 0.25) is 0 Å². The van der Waals surface area contributed by atoms with E-state index >= 15 is 0 Å². The van der Waals surface area contributed by atoms with E-state index in [1.165, 1.54) is 11.8 Å². The van der Waals surface area contributed by atoms with Crippen molar-refractivity contribution in [3.05, 3.63) is 66.0 Å². The molecule has 1 amide bonds. The Hall–Kier alpha value is -3.26. The highest BCUT2D eigenvalue weighted by Crippen LogP contribution is 2.22. The van der Waals surface area contributed by atoms with Crippen LogP contribution in [-0.2, 0) is 4.79 Å². The van der Waals surface area contributed by atoms with Gasteiger partial charge in [0, 0.05) is 23.6 Å². The van der Waals surface area contributed by atoms with Crippen molar-refractivity contribution in [2.24, 2.45) is 0 Å². The maximum Gasteiger partial charge on any atom is 0.234 e. The molecule has 7 nitrogen and oxygen atoms in total. The number of rotatable bonds is 5. The van der Waals surface area contributed by atoms with Gasteiger partial charge in [0.25, 0.3) is 0 Å². The minimum Gasteiger partial charge on any atom is -0.325 e. The fraction of sp³-hybridized carbons (Fsp3) is 0.150. The van der Waals surface area contributed by atoms with Crippen molar-refractivity contribution in [1.29, 1.82) is 0 Å². The molecule has 0 unspecified atom stereocenters. The third kappa shape index (κ3) is 3.72. The molecule has 3 heterocycles. The lowest BCUT2D eigenvalue weighted by molar-refractivity contribution is -0.113. The van der Waals surface area contributed by atoms with Crippen LogP contribution in [0.4, 0.5) is 5.69 Å². The number of hydrogen-bond donors (Lipinski definition) is 1. The summed E-state index contributed by atoms with van der Waals surface area (Å²) >= 11 is 1.37. The smallest absolute Gasteiger partial charge is 0.234 e. The summed E-state index contributed by atoms with van der Waals surface area (Å²) in [5.74, 6) is 0.830. The van der Waals surface area contributed by atoms with E-state index in [0.717, 1.165) is 27.4 Å². The van der Waals surface area contributed by atoms with Crippen molar-refractivity contribution in [1.82, 2.24) is 24.8 Å². The highest BCUT2D eigenvalue weighted by atomic mass is 32.2. The molecule has 0 aliphatic rings. The molecule has 1 N–H and O–H groups in total. The molecule has 0 atom stereocenters. The van der Waals surface area contributed by atoms with Crippen molar-refractivity contribution in [2.45, 2.75) is 18.9 Å². The molecule has 140 valence electrons. The van der Waals surface area contributed by atoms with Crippen LogP contribution in [0.15, 0.2) is 59.9 Å². The van der Waals surface area contributed by atoms with Gasteiger partial charge in [-0.15, -0.1) is 10.2 Å². The van der Waals surface area contributed by atoms with Crippen LogP contribution >= 0.6 is 11.8 Å². The number of carbonyl (C=O) groups excluding carboxylic acids is 1. The number of amides is 1. The second-order valence-corrected chi connectivity index (χ2v) is 7.28. The van der Waals surface area contributed by atoms with E-state index in [2.05, 4.69) is 25.6 Å². The van der Waals surface area contributed by atoms with Crippen molar-refractivity contribution < 1.29 is 4.79 Å². The van der Waals surface area contributed by atoms with Gasteiger partial charge >= 0.3 is 0 Å². The van der Waals surface area contributed by atoms with Gasteiger partial charge in [0.1, 0.15) is 5.03 Å². The molecule has 0 aliphatic heterocycles. The number of aromatic nitrogens is 5. The van der Waals surface area contributed by atoms with Crippen LogP contribution in [0.1, 0.15) is 11.1 Å². The van der Waals surface area contributed by atoms with Gasteiger partial charge in [-0.25, -0.2) is 0 Å². The summed E-state index contributed by atoms with van der Waals surface area (Å²) in [4.78, 5) is 16.4. The predicted molar refractivity (Wildman–Crippen MR) is 109 cm³/mol. The molecular formula is C20H18N6OS. The van der Waals surface area contributed by atoms with E-state index < -0.39 is 0 Å². The summed E-state index contributed by atoms with van der Waals surface area (Å²) in [5, 5.41) is 16.6. The Morgan fingerprint density at radius 3 is 2.71 bits per heavy atom. The normalized spacial score (nSPS) is 10.9. The average Bonchev–Trinajstić information content (AvgIpc) is 3.14. The van der Waals surface area contributed by atoms with E-state index in [-0.39, 0.29) is 11.7 Å². The number of aryl methyl sites for hydroxylation is 1. The number of hydrogen-bond acceptors (Lipinski definition) is 6. The molecule has 0 bridgehead atoms. The van der Waals surface area contributed by atoms with Crippen molar-refractivity contribution in [3.8, 4) is 11.4 Å². The number of benzene rings is 1. The van der Waals surface area contributed by atoms with Gasteiger partial charge in [-0.3, -0.25) is 9.78 Å². The Balaban J connectivity index is 1.49. The molecule has 0 fully saturated rings. The molecule has 3 aromatic heterocycles. The number of nitrogens with zero attached hydrogens (tertiary/aromatic N) is 5. The van der Waals surface area contributed by atoms with Crippen molar-refractivity contribution >= 4 is 29.0 Å². The monoisotopic (exact) mass is 390 g/mol. The lowest BCUT2D eigenvalue weighted by Gasteiger charge is -2.10. The Kier molecular flexibility index (Phi) is 5.03. The second-order valence-electron chi connectivity index (χ2n) is 6.29. The Bertz CT molecular complexity index is 1140. The van der Waals surface area contributed by atoms with Gasteiger partial charge in [-0.05, 0) is 55.3 Å². The van der Waals surface area contributed by atoms with Gasteiger partial charge in [0.15, 0.2) is 11.5 Å². The minimum atomic E-state index is -0.0706. The molecule has 0 aliphatic carbocycles. The first-order chi connectivity index (χ1) is 13.6. The Morgan fingerprint density at radius 2 is 1.89 bits per heavy atom. The van der Waals surface area contributed by atoms with Crippen molar-refractivity contribution in [3.63, 3.8) is 0 Å². The SMILES string of the molecule is Cc1cccc(NC(=O)CSc2ccc3nnc(-c4ccncc4)n3n2)c1C. The van der Waals surface area contributed by atoms with Gasteiger partial charge in [-0.1, -0.05) is 23.9 Å².